The molecule has 7 nitrogen and oxygen atoms in total. The van der Waals surface area contributed by atoms with Gasteiger partial charge >= 0.3 is 155 Å². The average molecular weight is 531 g/mol. The Labute approximate surface area is 210 Å². The number of fused-ring (bicyclic) bond motifs is 2. The standard InChI is InChI=1S/C27H29N7Se/c1-35-21-11-22(23-13-28-30-25(23)12-21)26-16-34(32-31-26)14-18-3-4-19-10-20(29-24(19)9-18)15-33-8-7-27(17-33)5-2-6-27/h3-4,9-13,16,29H,2,5-8,14-15,17H2,1H3,(H,28,30). The minimum absolute atomic E-state index is 0.405. The van der Waals surface area contributed by atoms with Crippen molar-refractivity contribution in [3.05, 3.63) is 60.0 Å². The molecule has 1 spiro atoms. The van der Waals surface area contributed by atoms with Gasteiger partial charge in [-0.1, -0.05) is 6.42 Å². The number of rotatable bonds is 6. The monoisotopic (exact) mass is 531 g/mol. The van der Waals surface area contributed by atoms with Crippen molar-refractivity contribution in [1.29, 1.82) is 0 Å². The van der Waals surface area contributed by atoms with E-state index in [1.807, 2.05) is 17.1 Å². The van der Waals surface area contributed by atoms with Gasteiger partial charge in [-0.05, 0) is 31.2 Å². The predicted molar refractivity (Wildman–Crippen MR) is 140 cm³/mol. The Kier molecular flexibility index (Phi) is 5.08. The van der Waals surface area contributed by atoms with Gasteiger partial charge in [-0.2, -0.15) is 0 Å². The fraction of sp³-hybridized carbons (Fsp3) is 0.370. The van der Waals surface area contributed by atoms with E-state index in [2.05, 4.69) is 72.6 Å². The average Bonchev–Trinajstić information content (AvgIpc) is 3.63. The second kappa shape index (κ2) is 8.33. The second-order valence-corrected chi connectivity index (χ2v) is 12.2. The van der Waals surface area contributed by atoms with E-state index >= 15 is 0 Å². The van der Waals surface area contributed by atoms with E-state index in [-0.39, 0.29) is 0 Å². The first-order valence-corrected chi connectivity index (χ1v) is 15.0. The minimum atomic E-state index is 0.405. The van der Waals surface area contributed by atoms with Crippen LogP contribution in [-0.2, 0) is 13.1 Å². The Balaban J connectivity index is 1.10. The van der Waals surface area contributed by atoms with Gasteiger partial charge in [-0.25, -0.2) is 0 Å². The van der Waals surface area contributed by atoms with Gasteiger partial charge in [0.2, 0.25) is 0 Å². The van der Waals surface area contributed by atoms with E-state index in [4.69, 9.17) is 0 Å². The zero-order valence-corrected chi connectivity index (χ0v) is 21.6. The summed E-state index contributed by atoms with van der Waals surface area (Å²) in [5.41, 5.74) is 7.43. The molecule has 5 aromatic rings. The van der Waals surface area contributed by atoms with E-state index in [1.165, 1.54) is 65.4 Å². The molecule has 178 valence electrons. The normalized spacial score (nSPS) is 17.6. The second-order valence-electron chi connectivity index (χ2n) is 10.3. The fourth-order valence-electron chi connectivity index (χ4n) is 5.95. The summed E-state index contributed by atoms with van der Waals surface area (Å²) in [4.78, 5) is 6.31. The summed E-state index contributed by atoms with van der Waals surface area (Å²) in [7, 11) is 0. The Morgan fingerprint density at radius 3 is 2.83 bits per heavy atom. The van der Waals surface area contributed by atoms with Crippen LogP contribution in [0.2, 0.25) is 5.82 Å². The molecule has 1 aliphatic carbocycles. The summed E-state index contributed by atoms with van der Waals surface area (Å²) < 4.78 is 3.25. The van der Waals surface area contributed by atoms with Gasteiger partial charge in [0.25, 0.3) is 0 Å². The van der Waals surface area contributed by atoms with Crippen molar-refractivity contribution in [3.8, 4) is 11.3 Å². The zero-order valence-electron chi connectivity index (χ0n) is 19.9. The molecule has 35 heavy (non-hydrogen) atoms. The summed E-state index contributed by atoms with van der Waals surface area (Å²) in [6.07, 6.45) is 9.59. The molecule has 7 rings (SSSR count). The van der Waals surface area contributed by atoms with Crippen molar-refractivity contribution in [2.75, 3.05) is 13.1 Å². The maximum absolute atomic E-state index is 4.50. The molecule has 2 aliphatic rings. The van der Waals surface area contributed by atoms with Gasteiger partial charge in [0.05, 0.1) is 0 Å². The molecule has 8 heteroatoms. The molecule has 3 aromatic heterocycles. The first-order chi connectivity index (χ1) is 17.2. The molecule has 2 fully saturated rings. The molecule has 2 N–H and O–H groups in total. The number of hydrogen-bond donors (Lipinski definition) is 2. The third kappa shape index (κ3) is 3.90. The van der Waals surface area contributed by atoms with Crippen LogP contribution >= 0.6 is 0 Å². The van der Waals surface area contributed by atoms with Crippen LogP contribution in [0, 0.1) is 5.41 Å². The molecule has 0 amide bonds. The molecule has 1 aliphatic heterocycles. The molecule has 1 saturated carbocycles. The van der Waals surface area contributed by atoms with Gasteiger partial charge in [-0.3, -0.25) is 4.90 Å². The summed E-state index contributed by atoms with van der Waals surface area (Å²) >= 11 is 0.405. The Morgan fingerprint density at radius 1 is 1.06 bits per heavy atom. The molecule has 1 saturated heterocycles. The summed E-state index contributed by atoms with van der Waals surface area (Å²) in [6, 6.07) is 13.4. The number of hydrogen-bond acceptors (Lipinski definition) is 4. The van der Waals surface area contributed by atoms with Crippen LogP contribution in [0.1, 0.15) is 36.9 Å². The summed E-state index contributed by atoms with van der Waals surface area (Å²) in [5.74, 6) is 2.23. The van der Waals surface area contributed by atoms with Crippen LogP contribution < -0.4 is 4.46 Å². The number of H-pyrrole nitrogens is 2. The molecule has 2 aromatic carbocycles. The van der Waals surface area contributed by atoms with E-state index in [0.29, 0.717) is 26.9 Å². The molecule has 0 unspecified atom stereocenters. The SMILES string of the molecule is C[Se]c1cc(-c2cn(Cc3ccc4cc(CN5CCC6(CCC6)C5)[nH]c4c3)nn2)c2cn[nH]c2c1. The van der Waals surface area contributed by atoms with E-state index in [1.54, 1.807) is 0 Å². The van der Waals surface area contributed by atoms with Crippen LogP contribution in [0.25, 0.3) is 33.1 Å². The molecular weight excluding hydrogens is 501 g/mol. The van der Waals surface area contributed by atoms with Crippen LogP contribution in [-0.4, -0.2) is 63.1 Å². The van der Waals surface area contributed by atoms with Gasteiger partial charge in [0, 0.05) is 13.1 Å². The van der Waals surface area contributed by atoms with Crippen molar-refractivity contribution >= 4 is 41.2 Å². The number of nitrogens with one attached hydrogen (secondary N) is 2. The van der Waals surface area contributed by atoms with Gasteiger partial charge < -0.3 is 0 Å². The summed E-state index contributed by atoms with van der Waals surface area (Å²) in [5, 5.41) is 18.6. The quantitative estimate of drug-likeness (QED) is 0.324. The van der Waals surface area contributed by atoms with Crippen LogP contribution in [0.3, 0.4) is 0 Å². The Bertz CT molecular complexity index is 1520. The van der Waals surface area contributed by atoms with Crippen LogP contribution in [0.15, 0.2) is 48.8 Å². The van der Waals surface area contributed by atoms with Gasteiger partial charge in [-0.15, -0.1) is 0 Å². The zero-order chi connectivity index (χ0) is 23.4. The Hall–Kier alpha value is -2.93. The third-order valence-electron chi connectivity index (χ3n) is 8.00. The molecule has 4 heterocycles. The van der Waals surface area contributed by atoms with Gasteiger partial charge in [0.1, 0.15) is 0 Å². The molecule has 0 atom stereocenters. The van der Waals surface area contributed by atoms with Crippen molar-refractivity contribution in [1.82, 2.24) is 35.1 Å². The van der Waals surface area contributed by atoms with E-state index in [0.717, 1.165) is 28.7 Å². The van der Waals surface area contributed by atoms with Crippen molar-refractivity contribution < 1.29 is 0 Å². The first kappa shape index (κ1) is 21.4. The number of aromatic nitrogens is 6. The number of aromatic amines is 2. The van der Waals surface area contributed by atoms with E-state index < -0.39 is 0 Å². The topological polar surface area (TPSA) is 78.4 Å². The molecule has 0 bridgehead atoms. The van der Waals surface area contributed by atoms with E-state index in [9.17, 15) is 0 Å². The summed E-state index contributed by atoms with van der Waals surface area (Å²) in [6.45, 7) is 4.23. The molecule has 0 radical (unpaired) electrons. The van der Waals surface area contributed by atoms with Crippen molar-refractivity contribution in [2.45, 2.75) is 44.6 Å². The Morgan fingerprint density at radius 2 is 2.00 bits per heavy atom. The molecular formula is C27H29N7Se. The first-order valence-electron chi connectivity index (χ1n) is 12.4. The van der Waals surface area contributed by atoms with Gasteiger partial charge in [0.15, 0.2) is 0 Å². The third-order valence-corrected chi connectivity index (χ3v) is 9.48. The van der Waals surface area contributed by atoms with Crippen LogP contribution in [0.4, 0.5) is 0 Å². The van der Waals surface area contributed by atoms with Crippen LogP contribution in [0.5, 0.6) is 0 Å². The number of nitrogens with zero attached hydrogens (tertiary/aromatic N) is 5. The number of likely N-dealkylation sites (tertiary alicyclic amines) is 1. The maximum atomic E-state index is 4.50. The fourth-order valence-corrected chi connectivity index (χ4v) is 6.94. The van der Waals surface area contributed by atoms with Crippen molar-refractivity contribution in [3.63, 3.8) is 0 Å². The van der Waals surface area contributed by atoms with Crippen molar-refractivity contribution in [2.24, 2.45) is 5.41 Å². The predicted octanol–water partition coefficient (Wildman–Crippen LogP) is 4.10. The number of benzene rings is 2.